The topological polar surface area (TPSA) is 48.0 Å². The van der Waals surface area contributed by atoms with Crippen molar-refractivity contribution < 1.29 is 0 Å². The molecule has 0 saturated carbocycles. The molecule has 0 N–H and O–H groups in total. The Kier molecular flexibility index (Phi) is 4.13. The lowest BCUT2D eigenvalue weighted by Crippen LogP contribution is -1.95. The first kappa shape index (κ1) is 14.6. The zero-order valence-electron chi connectivity index (χ0n) is 11.7. The first-order chi connectivity index (χ1) is 10.6. The predicted molar refractivity (Wildman–Crippen MR) is 89.7 cm³/mol. The molecule has 3 rings (SSSR count). The molecule has 0 radical (unpaired) electrons. The molecule has 0 atom stereocenters. The Hall–Kier alpha value is -2.31. The quantitative estimate of drug-likeness (QED) is 0.545. The summed E-state index contributed by atoms with van der Waals surface area (Å²) in [5.41, 5.74) is 1.82. The summed E-state index contributed by atoms with van der Waals surface area (Å²) in [5, 5.41) is 9.55. The molecule has 0 amide bonds. The van der Waals surface area contributed by atoms with Gasteiger partial charge in [0.25, 0.3) is 0 Å². The van der Waals surface area contributed by atoms with Gasteiger partial charge in [0.2, 0.25) is 4.77 Å². The second-order valence-electron chi connectivity index (χ2n) is 4.57. The first-order valence-corrected chi connectivity index (χ1v) is 7.30. The minimum absolute atomic E-state index is 0.511. The number of aryl methyl sites for hydroxylation is 1. The molecular formula is C15H12ClN5S. The predicted octanol–water partition coefficient (Wildman–Crippen LogP) is 3.55. The molecule has 22 heavy (non-hydrogen) atoms. The van der Waals surface area contributed by atoms with Crippen LogP contribution in [0.15, 0.2) is 53.9 Å². The molecule has 0 fully saturated rings. The Morgan fingerprint density at radius 3 is 2.50 bits per heavy atom. The van der Waals surface area contributed by atoms with Crippen molar-refractivity contribution >= 4 is 30.0 Å². The van der Waals surface area contributed by atoms with Gasteiger partial charge in [-0.3, -0.25) is 4.98 Å². The number of pyridine rings is 1. The Labute approximate surface area is 137 Å². The number of rotatable bonds is 3. The molecule has 3 aromatic rings. The van der Waals surface area contributed by atoms with Crippen molar-refractivity contribution in [2.45, 2.75) is 0 Å². The van der Waals surface area contributed by atoms with E-state index in [2.05, 4.69) is 15.2 Å². The van der Waals surface area contributed by atoms with Crippen LogP contribution in [0.2, 0.25) is 5.02 Å². The average Bonchev–Trinajstić information content (AvgIpc) is 2.83. The molecule has 0 saturated heterocycles. The summed E-state index contributed by atoms with van der Waals surface area (Å²) in [4.78, 5) is 4.01. The highest BCUT2D eigenvalue weighted by Gasteiger charge is 2.09. The van der Waals surface area contributed by atoms with Crippen LogP contribution >= 0.6 is 23.8 Å². The third kappa shape index (κ3) is 2.98. The summed E-state index contributed by atoms with van der Waals surface area (Å²) in [6, 6.07) is 11.1. The number of halogens is 1. The van der Waals surface area contributed by atoms with Gasteiger partial charge in [-0.25, -0.2) is 4.68 Å². The molecule has 0 spiro atoms. The van der Waals surface area contributed by atoms with Crippen LogP contribution in [0.5, 0.6) is 0 Å². The van der Waals surface area contributed by atoms with Crippen LogP contribution in [0.1, 0.15) is 5.56 Å². The van der Waals surface area contributed by atoms with E-state index in [0.717, 1.165) is 11.1 Å². The molecule has 0 unspecified atom stereocenters. The van der Waals surface area contributed by atoms with Crippen LogP contribution in [-0.4, -0.2) is 25.7 Å². The fourth-order valence-electron chi connectivity index (χ4n) is 1.91. The lowest BCUT2D eigenvalue weighted by Gasteiger charge is -2.00. The minimum atomic E-state index is 0.511. The molecule has 1 aromatic carbocycles. The van der Waals surface area contributed by atoms with Crippen molar-refractivity contribution in [3.05, 3.63) is 64.1 Å². The van der Waals surface area contributed by atoms with E-state index in [1.165, 1.54) is 0 Å². The maximum atomic E-state index is 5.88. The van der Waals surface area contributed by atoms with Gasteiger partial charge in [0, 0.05) is 30.0 Å². The van der Waals surface area contributed by atoms with E-state index >= 15 is 0 Å². The van der Waals surface area contributed by atoms with E-state index in [-0.39, 0.29) is 0 Å². The van der Waals surface area contributed by atoms with Crippen molar-refractivity contribution in [1.29, 1.82) is 0 Å². The fraction of sp³-hybridized carbons (Fsp3) is 0.0667. The molecular weight excluding hydrogens is 318 g/mol. The smallest absolute Gasteiger partial charge is 0.219 e. The van der Waals surface area contributed by atoms with Crippen molar-refractivity contribution in [2.75, 3.05) is 0 Å². The van der Waals surface area contributed by atoms with Crippen LogP contribution in [0.4, 0.5) is 0 Å². The normalized spacial score (nSPS) is 11.2. The molecule has 2 heterocycles. The molecule has 110 valence electrons. The number of hydrogen-bond donors (Lipinski definition) is 0. The monoisotopic (exact) mass is 329 g/mol. The third-order valence-corrected chi connectivity index (χ3v) is 3.72. The molecule has 0 aliphatic carbocycles. The molecule has 7 heteroatoms. The average molecular weight is 330 g/mol. The summed E-state index contributed by atoms with van der Waals surface area (Å²) in [5.74, 6) is 0.667. The summed E-state index contributed by atoms with van der Waals surface area (Å²) < 4.78 is 3.75. The van der Waals surface area contributed by atoms with Crippen LogP contribution < -0.4 is 0 Å². The highest BCUT2D eigenvalue weighted by Crippen LogP contribution is 2.17. The lowest BCUT2D eigenvalue weighted by molar-refractivity contribution is 0.738. The standard InChI is InChI=1S/C15H12ClN5S/c1-20-15(22)21(14(19-20)12-6-8-17-9-7-12)18-10-11-2-4-13(16)5-3-11/h2-10H,1H3/b18-10+. The highest BCUT2D eigenvalue weighted by molar-refractivity contribution is 7.71. The molecule has 2 aromatic heterocycles. The van der Waals surface area contributed by atoms with E-state index in [9.17, 15) is 0 Å². The van der Waals surface area contributed by atoms with Crippen LogP contribution in [0.25, 0.3) is 11.4 Å². The zero-order valence-corrected chi connectivity index (χ0v) is 13.3. The second-order valence-corrected chi connectivity index (χ2v) is 5.38. The van der Waals surface area contributed by atoms with Gasteiger partial charge in [-0.2, -0.15) is 9.78 Å². The van der Waals surface area contributed by atoms with E-state index in [1.54, 1.807) is 35.0 Å². The molecule has 0 bridgehead atoms. The van der Waals surface area contributed by atoms with Gasteiger partial charge in [0.05, 0.1) is 6.21 Å². The van der Waals surface area contributed by atoms with E-state index < -0.39 is 0 Å². The fourth-order valence-corrected chi connectivity index (χ4v) is 2.21. The van der Waals surface area contributed by atoms with Gasteiger partial charge >= 0.3 is 0 Å². The van der Waals surface area contributed by atoms with Crippen LogP contribution in [0, 0.1) is 4.77 Å². The Bertz CT molecular complexity index is 865. The Morgan fingerprint density at radius 2 is 1.82 bits per heavy atom. The maximum Gasteiger partial charge on any atom is 0.219 e. The van der Waals surface area contributed by atoms with E-state index in [1.807, 2.05) is 36.4 Å². The number of benzene rings is 1. The van der Waals surface area contributed by atoms with Gasteiger partial charge < -0.3 is 0 Å². The van der Waals surface area contributed by atoms with Gasteiger partial charge in [0.1, 0.15) is 0 Å². The first-order valence-electron chi connectivity index (χ1n) is 6.51. The summed E-state index contributed by atoms with van der Waals surface area (Å²) in [6.07, 6.45) is 5.14. The van der Waals surface area contributed by atoms with Crippen molar-refractivity contribution in [1.82, 2.24) is 19.4 Å². The lowest BCUT2D eigenvalue weighted by atomic mass is 10.2. The van der Waals surface area contributed by atoms with E-state index in [4.69, 9.17) is 23.8 Å². The summed E-state index contributed by atoms with van der Waals surface area (Å²) in [7, 11) is 1.79. The van der Waals surface area contributed by atoms with Crippen molar-refractivity contribution in [2.24, 2.45) is 12.1 Å². The molecule has 5 nitrogen and oxygen atoms in total. The number of hydrogen-bond acceptors (Lipinski definition) is 4. The third-order valence-electron chi connectivity index (χ3n) is 3.03. The zero-order chi connectivity index (χ0) is 15.5. The van der Waals surface area contributed by atoms with Gasteiger partial charge in [-0.05, 0) is 42.0 Å². The van der Waals surface area contributed by atoms with Crippen molar-refractivity contribution in [3.8, 4) is 11.4 Å². The maximum absolute atomic E-state index is 5.88. The van der Waals surface area contributed by atoms with E-state index in [0.29, 0.717) is 15.6 Å². The van der Waals surface area contributed by atoms with Crippen LogP contribution in [-0.2, 0) is 7.05 Å². The second kappa shape index (κ2) is 6.21. The van der Waals surface area contributed by atoms with Gasteiger partial charge in [-0.15, -0.1) is 5.10 Å². The SMILES string of the molecule is Cn1nc(-c2ccncc2)n(/N=C/c2ccc(Cl)cc2)c1=S. The Balaban J connectivity index is 2.03. The van der Waals surface area contributed by atoms with Crippen LogP contribution in [0.3, 0.4) is 0 Å². The number of aromatic nitrogens is 4. The number of nitrogens with zero attached hydrogens (tertiary/aromatic N) is 5. The molecule has 0 aliphatic rings. The summed E-state index contributed by atoms with van der Waals surface area (Å²) in [6.45, 7) is 0. The van der Waals surface area contributed by atoms with Gasteiger partial charge in [0.15, 0.2) is 5.82 Å². The van der Waals surface area contributed by atoms with Gasteiger partial charge in [-0.1, -0.05) is 23.7 Å². The highest BCUT2D eigenvalue weighted by atomic mass is 35.5. The Morgan fingerprint density at radius 1 is 1.14 bits per heavy atom. The minimum Gasteiger partial charge on any atom is -0.265 e. The van der Waals surface area contributed by atoms with Crippen molar-refractivity contribution in [3.63, 3.8) is 0 Å². The molecule has 0 aliphatic heterocycles. The summed E-state index contributed by atoms with van der Waals surface area (Å²) >= 11 is 11.2. The largest absolute Gasteiger partial charge is 0.265 e.